The van der Waals surface area contributed by atoms with Crippen molar-refractivity contribution in [1.82, 2.24) is 9.80 Å². The average molecular weight is 429 g/mol. The van der Waals surface area contributed by atoms with Crippen LogP contribution in [0.1, 0.15) is 30.9 Å². The summed E-state index contributed by atoms with van der Waals surface area (Å²) in [6.07, 6.45) is 2.14. The van der Waals surface area contributed by atoms with Gasteiger partial charge in [0.15, 0.2) is 0 Å². The number of rotatable bonds is 4. The van der Waals surface area contributed by atoms with Crippen molar-refractivity contribution in [1.29, 1.82) is 0 Å². The van der Waals surface area contributed by atoms with E-state index in [1.54, 1.807) is 30.3 Å². The Labute approximate surface area is 180 Å². The Hall–Kier alpha value is -2.30. The molecule has 0 N–H and O–H groups in total. The van der Waals surface area contributed by atoms with E-state index in [0.717, 1.165) is 31.5 Å². The molecule has 0 bridgehead atoms. The molecule has 2 aliphatic heterocycles. The van der Waals surface area contributed by atoms with E-state index in [0.29, 0.717) is 32.8 Å². The molecule has 4 rings (SSSR count). The number of benzene rings is 2. The molecule has 1 unspecified atom stereocenters. The van der Waals surface area contributed by atoms with Gasteiger partial charge in [0.2, 0.25) is 0 Å². The summed E-state index contributed by atoms with van der Waals surface area (Å²) in [5.74, 6) is -0.0670. The van der Waals surface area contributed by atoms with Gasteiger partial charge in [-0.1, -0.05) is 60.5 Å². The highest BCUT2D eigenvalue weighted by atomic mass is 35.5. The summed E-state index contributed by atoms with van der Waals surface area (Å²) < 4.78 is 0. The van der Waals surface area contributed by atoms with Crippen LogP contribution in [0.5, 0.6) is 0 Å². The number of carbonyl (C=O) groups is 2. The van der Waals surface area contributed by atoms with Crippen molar-refractivity contribution < 1.29 is 9.59 Å². The highest BCUT2D eigenvalue weighted by Gasteiger charge is 2.42. The molecule has 0 saturated carbocycles. The summed E-state index contributed by atoms with van der Waals surface area (Å²) in [5, 5.41) is 1.13. The maximum atomic E-state index is 13.4. The Bertz CT molecular complexity index is 985. The van der Waals surface area contributed by atoms with E-state index in [4.69, 9.17) is 23.2 Å². The van der Waals surface area contributed by atoms with E-state index < -0.39 is 0 Å². The number of carbonyl (C=O) groups excluding carboxylic acids is 2. The summed E-state index contributed by atoms with van der Waals surface area (Å²) in [7, 11) is 0. The SMILES string of the molecule is CC1CCCN(C2=C(c3ccc(Cl)cc3)C(=O)N(Cc3ccccc3Cl)C2=O)C1. The zero-order valence-electron chi connectivity index (χ0n) is 16.2. The highest BCUT2D eigenvalue weighted by molar-refractivity contribution is 6.36. The molecule has 0 aromatic heterocycles. The van der Waals surface area contributed by atoms with E-state index in [1.807, 2.05) is 18.2 Å². The number of piperidine rings is 1. The lowest BCUT2D eigenvalue weighted by atomic mass is 9.98. The lowest BCUT2D eigenvalue weighted by Gasteiger charge is -2.33. The normalized spacial score (nSPS) is 20.0. The van der Waals surface area contributed by atoms with Crippen LogP contribution in [0.3, 0.4) is 0 Å². The lowest BCUT2D eigenvalue weighted by molar-refractivity contribution is -0.138. The summed E-state index contributed by atoms with van der Waals surface area (Å²) in [5.41, 5.74) is 2.41. The van der Waals surface area contributed by atoms with Crippen LogP contribution in [0.15, 0.2) is 54.2 Å². The quantitative estimate of drug-likeness (QED) is 0.642. The van der Waals surface area contributed by atoms with Gasteiger partial charge in [0, 0.05) is 23.1 Å². The molecule has 2 amide bonds. The van der Waals surface area contributed by atoms with Crippen LogP contribution in [-0.4, -0.2) is 34.7 Å². The third-order valence-electron chi connectivity index (χ3n) is 5.54. The minimum absolute atomic E-state index is 0.154. The molecule has 2 aromatic carbocycles. The fraction of sp³-hybridized carbons (Fsp3) is 0.304. The van der Waals surface area contributed by atoms with Crippen molar-refractivity contribution >= 4 is 40.6 Å². The molecule has 29 heavy (non-hydrogen) atoms. The van der Waals surface area contributed by atoms with Gasteiger partial charge in [-0.15, -0.1) is 0 Å². The molecule has 150 valence electrons. The number of likely N-dealkylation sites (tertiary alicyclic amines) is 1. The van der Waals surface area contributed by atoms with Crippen LogP contribution in [0.25, 0.3) is 5.57 Å². The smallest absolute Gasteiger partial charge is 0.278 e. The first-order chi connectivity index (χ1) is 14.0. The van der Waals surface area contributed by atoms with Crippen molar-refractivity contribution in [2.24, 2.45) is 5.92 Å². The fourth-order valence-corrected chi connectivity index (χ4v) is 4.39. The number of imide groups is 1. The molecule has 4 nitrogen and oxygen atoms in total. The second-order valence-corrected chi connectivity index (χ2v) is 8.56. The van der Waals surface area contributed by atoms with Crippen molar-refractivity contribution in [2.75, 3.05) is 13.1 Å². The van der Waals surface area contributed by atoms with Gasteiger partial charge in [-0.25, -0.2) is 0 Å². The van der Waals surface area contributed by atoms with E-state index in [9.17, 15) is 9.59 Å². The second kappa shape index (κ2) is 8.21. The van der Waals surface area contributed by atoms with Crippen LogP contribution < -0.4 is 0 Å². The van der Waals surface area contributed by atoms with Crippen LogP contribution in [-0.2, 0) is 16.1 Å². The van der Waals surface area contributed by atoms with E-state index in [2.05, 4.69) is 11.8 Å². The molecule has 2 aliphatic rings. The summed E-state index contributed by atoms with van der Waals surface area (Å²) >= 11 is 12.3. The van der Waals surface area contributed by atoms with Crippen LogP contribution >= 0.6 is 23.2 Å². The molecular formula is C23H22Cl2N2O2. The molecule has 1 fully saturated rings. The molecule has 6 heteroatoms. The number of halogens is 2. The summed E-state index contributed by atoms with van der Waals surface area (Å²) in [6, 6.07) is 14.4. The number of amides is 2. The van der Waals surface area contributed by atoms with Gasteiger partial charge in [-0.3, -0.25) is 14.5 Å². The number of hydrogen-bond acceptors (Lipinski definition) is 3. The predicted octanol–water partition coefficient (Wildman–Crippen LogP) is 5.01. The standard InChI is InChI=1S/C23H22Cl2N2O2/c1-15-5-4-12-26(13-15)21-20(16-8-10-18(24)11-9-16)22(28)27(23(21)29)14-17-6-2-3-7-19(17)25/h2-3,6-11,15H,4-5,12-14H2,1H3. The largest absolute Gasteiger partial charge is 0.366 e. The fourth-order valence-electron chi connectivity index (χ4n) is 4.07. The Morgan fingerprint density at radius 2 is 1.72 bits per heavy atom. The average Bonchev–Trinajstić information content (AvgIpc) is 2.95. The van der Waals surface area contributed by atoms with Gasteiger partial charge < -0.3 is 4.90 Å². The second-order valence-electron chi connectivity index (χ2n) is 7.71. The molecule has 1 atom stereocenters. The monoisotopic (exact) mass is 428 g/mol. The summed E-state index contributed by atoms with van der Waals surface area (Å²) in [4.78, 5) is 30.2. The minimum Gasteiger partial charge on any atom is -0.366 e. The molecule has 2 heterocycles. The van der Waals surface area contributed by atoms with Crippen molar-refractivity contribution in [2.45, 2.75) is 26.3 Å². The minimum atomic E-state index is -0.287. The van der Waals surface area contributed by atoms with Crippen LogP contribution in [0.4, 0.5) is 0 Å². The Morgan fingerprint density at radius 3 is 2.41 bits per heavy atom. The highest BCUT2D eigenvalue weighted by Crippen LogP contribution is 2.35. The topological polar surface area (TPSA) is 40.6 Å². The van der Waals surface area contributed by atoms with Crippen molar-refractivity contribution in [3.63, 3.8) is 0 Å². The predicted molar refractivity (Wildman–Crippen MR) is 115 cm³/mol. The molecule has 0 aliphatic carbocycles. The van der Waals surface area contributed by atoms with Crippen LogP contribution in [0.2, 0.25) is 10.0 Å². The Balaban J connectivity index is 1.75. The van der Waals surface area contributed by atoms with Crippen molar-refractivity contribution in [3.8, 4) is 0 Å². The van der Waals surface area contributed by atoms with Gasteiger partial charge >= 0.3 is 0 Å². The summed E-state index contributed by atoms with van der Waals surface area (Å²) in [6.45, 7) is 3.87. The molecule has 0 radical (unpaired) electrons. The maximum absolute atomic E-state index is 13.4. The zero-order chi connectivity index (χ0) is 20.5. The van der Waals surface area contributed by atoms with Crippen molar-refractivity contribution in [3.05, 3.63) is 75.4 Å². The van der Waals surface area contributed by atoms with Gasteiger partial charge in [0.1, 0.15) is 5.70 Å². The number of nitrogens with zero attached hydrogens (tertiary/aromatic N) is 2. The van der Waals surface area contributed by atoms with Gasteiger partial charge in [0.25, 0.3) is 11.8 Å². The molecular weight excluding hydrogens is 407 g/mol. The lowest BCUT2D eigenvalue weighted by Crippen LogP contribution is -2.39. The Morgan fingerprint density at radius 1 is 1.00 bits per heavy atom. The van der Waals surface area contributed by atoms with E-state index >= 15 is 0 Å². The first-order valence-corrected chi connectivity index (χ1v) is 10.6. The first kappa shape index (κ1) is 20.0. The first-order valence-electron chi connectivity index (χ1n) is 9.80. The Kier molecular flexibility index (Phi) is 5.66. The van der Waals surface area contributed by atoms with Crippen LogP contribution in [0, 0.1) is 5.92 Å². The van der Waals surface area contributed by atoms with Gasteiger partial charge in [-0.2, -0.15) is 0 Å². The maximum Gasteiger partial charge on any atom is 0.278 e. The van der Waals surface area contributed by atoms with E-state index in [1.165, 1.54) is 4.90 Å². The molecule has 1 saturated heterocycles. The third-order valence-corrected chi connectivity index (χ3v) is 6.16. The van der Waals surface area contributed by atoms with Gasteiger partial charge in [-0.05, 0) is 48.1 Å². The molecule has 2 aromatic rings. The number of hydrogen-bond donors (Lipinski definition) is 0. The zero-order valence-corrected chi connectivity index (χ0v) is 17.7. The van der Waals surface area contributed by atoms with E-state index in [-0.39, 0.29) is 18.4 Å². The van der Waals surface area contributed by atoms with Gasteiger partial charge in [0.05, 0.1) is 12.1 Å². The molecule has 0 spiro atoms. The third kappa shape index (κ3) is 3.92.